The number of rotatable bonds is 2. The van der Waals surface area contributed by atoms with Crippen molar-refractivity contribution < 1.29 is 0 Å². The third kappa shape index (κ3) is 2.23. The van der Waals surface area contributed by atoms with Crippen molar-refractivity contribution in [3.05, 3.63) is 71.3 Å². The highest BCUT2D eigenvalue weighted by Gasteiger charge is 2.28. The highest BCUT2D eigenvalue weighted by molar-refractivity contribution is 9.25. The van der Waals surface area contributed by atoms with Crippen LogP contribution in [0, 0.1) is 6.92 Å². The molecular weight excluding hydrogens is 328 g/mol. The molecule has 2 rings (SSSR count). The first-order valence-corrected chi connectivity index (χ1v) is 6.70. The van der Waals surface area contributed by atoms with Crippen LogP contribution in [0.5, 0.6) is 0 Å². The van der Waals surface area contributed by atoms with E-state index in [2.05, 4.69) is 75.2 Å². The Morgan fingerprint density at radius 2 is 1.38 bits per heavy atom. The lowest BCUT2D eigenvalue weighted by atomic mass is 10.0. The lowest BCUT2D eigenvalue weighted by Crippen LogP contribution is -2.12. The second-order valence-corrected chi connectivity index (χ2v) is 7.20. The lowest BCUT2D eigenvalue weighted by Gasteiger charge is -2.23. The van der Waals surface area contributed by atoms with Crippen molar-refractivity contribution in [3.8, 4) is 0 Å². The minimum atomic E-state index is -0.299. The summed E-state index contributed by atoms with van der Waals surface area (Å²) in [6, 6.07) is 18.7. The van der Waals surface area contributed by atoms with E-state index in [-0.39, 0.29) is 3.23 Å². The van der Waals surface area contributed by atoms with Crippen LogP contribution in [0.25, 0.3) is 0 Å². The molecule has 82 valence electrons. The van der Waals surface area contributed by atoms with Crippen LogP contribution >= 0.6 is 31.9 Å². The van der Waals surface area contributed by atoms with Crippen LogP contribution in [0.15, 0.2) is 54.6 Å². The predicted molar refractivity (Wildman–Crippen MR) is 76.3 cm³/mol. The Morgan fingerprint density at radius 1 is 0.812 bits per heavy atom. The Balaban J connectivity index is 2.51. The maximum Gasteiger partial charge on any atom is 0.130 e. The van der Waals surface area contributed by atoms with Gasteiger partial charge in [0.15, 0.2) is 0 Å². The van der Waals surface area contributed by atoms with Crippen LogP contribution in [0.2, 0.25) is 0 Å². The summed E-state index contributed by atoms with van der Waals surface area (Å²) in [6.45, 7) is 2.12. The molecule has 0 saturated heterocycles. The summed E-state index contributed by atoms with van der Waals surface area (Å²) in [6.07, 6.45) is 0. The van der Waals surface area contributed by atoms with Gasteiger partial charge in [-0.3, -0.25) is 0 Å². The first kappa shape index (κ1) is 11.9. The normalized spacial score (nSPS) is 11.4. The van der Waals surface area contributed by atoms with E-state index in [1.54, 1.807) is 0 Å². The fourth-order valence-electron chi connectivity index (χ4n) is 1.73. The van der Waals surface area contributed by atoms with Crippen LogP contribution in [0.3, 0.4) is 0 Å². The van der Waals surface area contributed by atoms with Gasteiger partial charge in [-0.2, -0.15) is 0 Å². The summed E-state index contributed by atoms with van der Waals surface area (Å²) >= 11 is 7.53. The minimum absolute atomic E-state index is 0.299. The SMILES string of the molecule is Cc1ccccc1C(Br)(Br)c1ccccc1. The van der Waals surface area contributed by atoms with Crippen molar-refractivity contribution in [2.75, 3.05) is 0 Å². The number of hydrogen-bond acceptors (Lipinski definition) is 0. The number of halogens is 2. The highest BCUT2D eigenvalue weighted by atomic mass is 79.9. The summed E-state index contributed by atoms with van der Waals surface area (Å²) < 4.78 is -0.299. The Hall–Kier alpha value is -0.600. The van der Waals surface area contributed by atoms with Crippen LogP contribution in [-0.4, -0.2) is 0 Å². The predicted octanol–water partition coefficient (Wildman–Crippen LogP) is 4.99. The van der Waals surface area contributed by atoms with Crippen LogP contribution in [-0.2, 0) is 3.23 Å². The molecular formula is C14H12Br2. The van der Waals surface area contributed by atoms with Crippen molar-refractivity contribution in [1.82, 2.24) is 0 Å². The first-order valence-electron chi connectivity index (χ1n) is 5.12. The van der Waals surface area contributed by atoms with E-state index in [1.165, 1.54) is 16.7 Å². The second-order valence-electron chi connectivity index (χ2n) is 3.76. The fraction of sp³-hybridized carbons (Fsp3) is 0.143. The molecule has 0 aliphatic heterocycles. The quantitative estimate of drug-likeness (QED) is 0.676. The summed E-state index contributed by atoms with van der Waals surface area (Å²) in [4.78, 5) is 0. The smallest absolute Gasteiger partial charge is 0.0622 e. The van der Waals surface area contributed by atoms with Crippen molar-refractivity contribution >= 4 is 31.9 Å². The zero-order valence-corrected chi connectivity index (χ0v) is 12.1. The molecule has 0 aliphatic carbocycles. The molecule has 2 aromatic rings. The molecule has 0 aliphatic rings. The van der Waals surface area contributed by atoms with Gasteiger partial charge in [-0.25, -0.2) is 0 Å². The molecule has 0 heterocycles. The van der Waals surface area contributed by atoms with E-state index in [9.17, 15) is 0 Å². The van der Waals surface area contributed by atoms with Crippen molar-refractivity contribution in [2.45, 2.75) is 10.2 Å². The fourth-order valence-corrected chi connectivity index (χ4v) is 3.15. The van der Waals surface area contributed by atoms with Gasteiger partial charge in [0.05, 0.1) is 0 Å². The standard InChI is InChI=1S/C14H12Br2/c1-11-7-5-6-10-13(11)14(15,16)12-8-3-2-4-9-12/h2-10H,1H3. The largest absolute Gasteiger partial charge is 0.130 e. The Kier molecular flexibility index (Phi) is 3.50. The van der Waals surface area contributed by atoms with E-state index in [0.29, 0.717) is 0 Å². The van der Waals surface area contributed by atoms with Crippen LogP contribution in [0.4, 0.5) is 0 Å². The third-order valence-electron chi connectivity index (χ3n) is 2.62. The van der Waals surface area contributed by atoms with E-state index in [0.717, 1.165) is 0 Å². The van der Waals surface area contributed by atoms with Gasteiger partial charge in [-0.15, -0.1) is 0 Å². The summed E-state index contributed by atoms with van der Waals surface area (Å²) in [7, 11) is 0. The molecule has 0 atom stereocenters. The Morgan fingerprint density at radius 3 is 2.00 bits per heavy atom. The molecule has 0 fully saturated rings. The van der Waals surface area contributed by atoms with Gasteiger partial charge in [0, 0.05) is 0 Å². The average molecular weight is 340 g/mol. The molecule has 0 N–H and O–H groups in total. The molecule has 0 unspecified atom stereocenters. The van der Waals surface area contributed by atoms with E-state index in [4.69, 9.17) is 0 Å². The monoisotopic (exact) mass is 338 g/mol. The molecule has 0 aromatic heterocycles. The molecule has 0 saturated carbocycles. The van der Waals surface area contributed by atoms with Crippen molar-refractivity contribution in [2.24, 2.45) is 0 Å². The van der Waals surface area contributed by atoms with E-state index in [1.807, 2.05) is 18.2 Å². The molecule has 16 heavy (non-hydrogen) atoms. The average Bonchev–Trinajstić information content (AvgIpc) is 2.30. The number of aryl methyl sites for hydroxylation is 1. The Labute approximate surface area is 113 Å². The van der Waals surface area contributed by atoms with Gasteiger partial charge in [0.2, 0.25) is 0 Å². The Bertz CT molecular complexity index is 475. The second kappa shape index (κ2) is 4.72. The van der Waals surface area contributed by atoms with Crippen molar-refractivity contribution in [1.29, 1.82) is 0 Å². The first-order chi connectivity index (χ1) is 7.62. The highest BCUT2D eigenvalue weighted by Crippen LogP contribution is 2.45. The molecule has 2 aromatic carbocycles. The van der Waals surface area contributed by atoms with Gasteiger partial charge in [0.25, 0.3) is 0 Å². The molecule has 2 heteroatoms. The molecule has 0 radical (unpaired) electrons. The maximum absolute atomic E-state index is 3.77. The zero-order valence-electron chi connectivity index (χ0n) is 8.95. The number of alkyl halides is 2. The van der Waals surface area contributed by atoms with Gasteiger partial charge in [-0.05, 0) is 23.6 Å². The maximum atomic E-state index is 3.77. The summed E-state index contributed by atoms with van der Waals surface area (Å²) in [5.41, 5.74) is 3.70. The third-order valence-corrected chi connectivity index (χ3v) is 4.39. The summed E-state index contributed by atoms with van der Waals surface area (Å²) in [5, 5.41) is 0. The summed E-state index contributed by atoms with van der Waals surface area (Å²) in [5.74, 6) is 0. The number of hydrogen-bond donors (Lipinski definition) is 0. The van der Waals surface area contributed by atoms with E-state index < -0.39 is 0 Å². The molecule has 0 bridgehead atoms. The number of benzene rings is 2. The van der Waals surface area contributed by atoms with Crippen LogP contribution < -0.4 is 0 Å². The van der Waals surface area contributed by atoms with Gasteiger partial charge < -0.3 is 0 Å². The van der Waals surface area contributed by atoms with Gasteiger partial charge >= 0.3 is 0 Å². The molecule has 0 spiro atoms. The van der Waals surface area contributed by atoms with Gasteiger partial charge in [-0.1, -0.05) is 86.5 Å². The topological polar surface area (TPSA) is 0 Å². The molecule has 0 amide bonds. The lowest BCUT2D eigenvalue weighted by molar-refractivity contribution is 1.09. The molecule has 0 nitrogen and oxygen atoms in total. The minimum Gasteiger partial charge on any atom is -0.0622 e. The van der Waals surface area contributed by atoms with Crippen LogP contribution in [0.1, 0.15) is 16.7 Å². The van der Waals surface area contributed by atoms with Gasteiger partial charge in [0.1, 0.15) is 3.23 Å². The van der Waals surface area contributed by atoms with Crippen molar-refractivity contribution in [3.63, 3.8) is 0 Å². The zero-order chi connectivity index (χ0) is 11.6. The van der Waals surface area contributed by atoms with E-state index >= 15 is 0 Å².